The molecule has 1 amide bonds. The fraction of sp³-hybridized carbons (Fsp3) is 0.185. The molecule has 4 rings (SSSR count). The third kappa shape index (κ3) is 4.14. The molecule has 0 radical (unpaired) electrons. The van der Waals surface area contributed by atoms with E-state index >= 15 is 0 Å². The molecule has 7 nitrogen and oxygen atoms in total. The predicted octanol–water partition coefficient (Wildman–Crippen LogP) is 5.95. The number of aliphatic hydroxyl groups excluding tert-OH is 1. The quantitative estimate of drug-likeness (QED) is 0.242. The summed E-state index contributed by atoms with van der Waals surface area (Å²) in [7, 11) is 4.29. The Kier molecular flexibility index (Phi) is 7.15. The molecule has 1 aliphatic heterocycles. The monoisotopic (exact) mass is 527 g/mol. The van der Waals surface area contributed by atoms with Crippen LogP contribution in [0.25, 0.3) is 5.76 Å². The minimum absolute atomic E-state index is 0.0193. The second-order valence-corrected chi connectivity index (χ2v) is 8.80. The fourth-order valence-corrected chi connectivity index (χ4v) is 5.01. The van der Waals surface area contributed by atoms with Gasteiger partial charge in [-0.15, -0.1) is 0 Å². The van der Waals surface area contributed by atoms with Gasteiger partial charge in [0, 0.05) is 5.69 Å². The minimum atomic E-state index is -0.927. The Labute approximate surface area is 218 Å². The van der Waals surface area contributed by atoms with E-state index in [1.54, 1.807) is 36.4 Å². The summed E-state index contributed by atoms with van der Waals surface area (Å²) in [5.74, 6) is -1.33. The van der Waals surface area contributed by atoms with Crippen LogP contribution in [0.15, 0.2) is 60.2 Å². The second-order valence-electron chi connectivity index (χ2n) is 8.01. The van der Waals surface area contributed by atoms with Crippen molar-refractivity contribution in [3.8, 4) is 17.2 Å². The molecule has 1 heterocycles. The summed E-state index contributed by atoms with van der Waals surface area (Å²) >= 11 is 12.8. The zero-order chi connectivity index (χ0) is 26.1. The van der Waals surface area contributed by atoms with Gasteiger partial charge in [0.1, 0.15) is 16.5 Å². The Balaban J connectivity index is 2.01. The molecule has 1 unspecified atom stereocenters. The molecular weight excluding hydrogens is 505 g/mol. The molecular formula is C27H23Cl2NO6. The van der Waals surface area contributed by atoms with Crippen LogP contribution in [0.3, 0.4) is 0 Å². The van der Waals surface area contributed by atoms with E-state index in [-0.39, 0.29) is 32.7 Å². The number of carbonyl (C=O) groups is 2. The molecule has 0 spiro atoms. The van der Waals surface area contributed by atoms with Gasteiger partial charge in [0.2, 0.25) is 0 Å². The highest BCUT2D eigenvalue weighted by Crippen LogP contribution is 2.48. The molecule has 3 aromatic carbocycles. The van der Waals surface area contributed by atoms with Crippen LogP contribution in [0.1, 0.15) is 22.7 Å². The van der Waals surface area contributed by atoms with Crippen molar-refractivity contribution in [3.63, 3.8) is 0 Å². The Morgan fingerprint density at radius 1 is 0.917 bits per heavy atom. The third-order valence-electron chi connectivity index (χ3n) is 6.07. The number of Topliss-reactive ketones (excluding diaryl/α,β-unsaturated/α-hetero) is 1. The van der Waals surface area contributed by atoms with E-state index < -0.39 is 23.5 Å². The van der Waals surface area contributed by atoms with Crippen molar-refractivity contribution in [2.24, 2.45) is 0 Å². The molecule has 0 aliphatic carbocycles. The average Bonchev–Trinajstić information content (AvgIpc) is 3.14. The maximum Gasteiger partial charge on any atom is 0.300 e. The normalized spacial score (nSPS) is 16.8. The first-order valence-electron chi connectivity index (χ1n) is 10.9. The molecule has 1 atom stereocenters. The van der Waals surface area contributed by atoms with E-state index in [0.717, 1.165) is 5.56 Å². The van der Waals surface area contributed by atoms with Gasteiger partial charge in [-0.3, -0.25) is 14.5 Å². The largest absolute Gasteiger partial charge is 0.507 e. The number of aryl methyl sites for hydroxylation is 1. The lowest BCUT2D eigenvalue weighted by atomic mass is 9.92. The van der Waals surface area contributed by atoms with Crippen molar-refractivity contribution in [3.05, 3.63) is 86.9 Å². The van der Waals surface area contributed by atoms with Crippen LogP contribution in [0.4, 0.5) is 5.69 Å². The van der Waals surface area contributed by atoms with E-state index in [9.17, 15) is 14.7 Å². The first-order chi connectivity index (χ1) is 17.2. The third-order valence-corrected chi connectivity index (χ3v) is 6.70. The maximum atomic E-state index is 13.4. The summed E-state index contributed by atoms with van der Waals surface area (Å²) in [6, 6.07) is 14.5. The highest BCUT2D eigenvalue weighted by Gasteiger charge is 2.47. The number of hydrogen-bond donors (Lipinski definition) is 1. The average molecular weight is 528 g/mol. The van der Waals surface area contributed by atoms with Crippen molar-refractivity contribution in [1.29, 1.82) is 0 Å². The van der Waals surface area contributed by atoms with Crippen LogP contribution in [0, 0.1) is 6.92 Å². The fourth-order valence-electron chi connectivity index (χ4n) is 4.32. The second kappa shape index (κ2) is 10.1. The Morgan fingerprint density at radius 3 is 2.14 bits per heavy atom. The number of halogens is 2. The number of benzene rings is 3. The molecule has 36 heavy (non-hydrogen) atoms. The lowest BCUT2D eigenvalue weighted by Crippen LogP contribution is -2.29. The predicted molar refractivity (Wildman–Crippen MR) is 139 cm³/mol. The lowest BCUT2D eigenvalue weighted by molar-refractivity contribution is -0.132. The number of nitrogens with zero attached hydrogens (tertiary/aromatic N) is 1. The topological polar surface area (TPSA) is 85.3 Å². The standard InChI is InChI=1S/C27H23Cl2NO6/c1-14-7-5-6-8-17(14)22-20(23(31)18-13-19(28)26(36-4)21(29)25(18)35-3)24(32)27(33)30(22)15-9-11-16(34-2)12-10-15/h5-13,22,31H,1-4H3/b23-20+. The van der Waals surface area contributed by atoms with Gasteiger partial charge >= 0.3 is 0 Å². The molecule has 1 aliphatic rings. The number of ketones is 1. The number of rotatable bonds is 6. The molecule has 1 fully saturated rings. The van der Waals surface area contributed by atoms with Gasteiger partial charge in [-0.1, -0.05) is 47.5 Å². The summed E-state index contributed by atoms with van der Waals surface area (Å²) in [5.41, 5.74) is 1.88. The first kappa shape index (κ1) is 25.4. The smallest absolute Gasteiger partial charge is 0.300 e. The zero-order valence-corrected chi connectivity index (χ0v) is 21.5. The van der Waals surface area contributed by atoms with Gasteiger partial charge in [0.05, 0.1) is 43.5 Å². The van der Waals surface area contributed by atoms with Crippen molar-refractivity contribution in [1.82, 2.24) is 0 Å². The molecule has 0 bridgehead atoms. The van der Waals surface area contributed by atoms with Crippen molar-refractivity contribution >= 4 is 46.3 Å². The lowest BCUT2D eigenvalue weighted by Gasteiger charge is -2.27. The molecule has 1 N–H and O–H groups in total. The van der Waals surface area contributed by atoms with E-state index in [1.807, 2.05) is 19.1 Å². The van der Waals surface area contributed by atoms with Crippen LogP contribution < -0.4 is 19.1 Å². The summed E-state index contributed by atoms with van der Waals surface area (Å²) < 4.78 is 15.9. The number of methoxy groups -OCH3 is 3. The Morgan fingerprint density at radius 2 is 1.56 bits per heavy atom. The summed E-state index contributed by atoms with van der Waals surface area (Å²) in [6.07, 6.45) is 0. The summed E-state index contributed by atoms with van der Waals surface area (Å²) in [5, 5.41) is 11.6. The van der Waals surface area contributed by atoms with E-state index in [0.29, 0.717) is 17.0 Å². The van der Waals surface area contributed by atoms with E-state index in [2.05, 4.69) is 0 Å². The van der Waals surface area contributed by atoms with Crippen LogP contribution in [-0.4, -0.2) is 38.1 Å². The van der Waals surface area contributed by atoms with E-state index in [1.165, 1.54) is 32.3 Å². The van der Waals surface area contributed by atoms with Gasteiger partial charge in [-0.2, -0.15) is 0 Å². The molecule has 0 aromatic heterocycles. The van der Waals surface area contributed by atoms with E-state index in [4.69, 9.17) is 37.4 Å². The SMILES string of the molecule is COc1ccc(N2C(=O)C(=O)/C(=C(/O)c3cc(Cl)c(OC)c(Cl)c3OC)C2c2ccccc2C)cc1. The summed E-state index contributed by atoms with van der Waals surface area (Å²) in [6.45, 7) is 1.87. The highest BCUT2D eigenvalue weighted by molar-refractivity contribution is 6.52. The van der Waals surface area contributed by atoms with Crippen molar-refractivity contribution in [2.45, 2.75) is 13.0 Å². The van der Waals surface area contributed by atoms with Crippen LogP contribution >= 0.6 is 23.2 Å². The Hall–Kier alpha value is -3.68. The Bertz CT molecular complexity index is 1380. The van der Waals surface area contributed by atoms with Crippen LogP contribution in [-0.2, 0) is 9.59 Å². The minimum Gasteiger partial charge on any atom is -0.507 e. The number of carbonyl (C=O) groups excluding carboxylic acids is 2. The number of aliphatic hydroxyl groups is 1. The van der Waals surface area contributed by atoms with Gasteiger partial charge < -0.3 is 19.3 Å². The van der Waals surface area contributed by atoms with Crippen molar-refractivity contribution in [2.75, 3.05) is 26.2 Å². The number of hydrogen-bond acceptors (Lipinski definition) is 6. The first-order valence-corrected chi connectivity index (χ1v) is 11.6. The van der Waals surface area contributed by atoms with Gasteiger partial charge in [0.15, 0.2) is 11.5 Å². The maximum absolute atomic E-state index is 13.4. The summed E-state index contributed by atoms with van der Waals surface area (Å²) in [4.78, 5) is 28.2. The molecule has 3 aromatic rings. The van der Waals surface area contributed by atoms with Gasteiger partial charge in [-0.25, -0.2) is 0 Å². The van der Waals surface area contributed by atoms with Crippen molar-refractivity contribution < 1.29 is 28.9 Å². The van der Waals surface area contributed by atoms with Crippen LogP contribution in [0.2, 0.25) is 10.0 Å². The van der Waals surface area contributed by atoms with Gasteiger partial charge in [0.25, 0.3) is 11.7 Å². The van der Waals surface area contributed by atoms with Crippen LogP contribution in [0.5, 0.6) is 17.2 Å². The molecule has 0 saturated carbocycles. The molecule has 1 saturated heterocycles. The number of amides is 1. The number of anilines is 1. The number of ether oxygens (including phenoxy) is 3. The van der Waals surface area contributed by atoms with Gasteiger partial charge in [-0.05, 0) is 48.4 Å². The zero-order valence-electron chi connectivity index (χ0n) is 20.0. The molecule has 186 valence electrons. The highest BCUT2D eigenvalue weighted by atomic mass is 35.5. The molecule has 9 heteroatoms.